The normalized spacial score (nSPS) is 12.9. The van der Waals surface area contributed by atoms with Crippen LogP contribution in [0.4, 0.5) is 10.1 Å². The summed E-state index contributed by atoms with van der Waals surface area (Å²) in [5, 5.41) is 3.25. The van der Waals surface area contributed by atoms with Crippen molar-refractivity contribution in [3.8, 4) is 0 Å². The minimum Gasteiger partial charge on any atom is -0.352 e. The Morgan fingerprint density at radius 3 is 2.10 bits per heavy atom. The number of rotatable bonds is 11. The Kier molecular flexibility index (Phi) is 10.1. The molecule has 3 aromatic carbocycles. The highest BCUT2D eigenvalue weighted by Gasteiger charge is 2.32. The minimum atomic E-state index is -4.18. The second kappa shape index (κ2) is 13.1. The van der Waals surface area contributed by atoms with E-state index in [0.717, 1.165) is 9.87 Å². The monoisotopic (exact) mass is 573 g/mol. The predicted molar refractivity (Wildman–Crippen MR) is 151 cm³/mol. The molecule has 0 aromatic heterocycles. The van der Waals surface area contributed by atoms with Gasteiger partial charge in [0.05, 0.1) is 10.6 Å². The number of carbonyl (C=O) groups excluding carboxylic acids is 2. The van der Waals surface area contributed by atoms with E-state index >= 15 is 0 Å². The first kappa shape index (κ1) is 30.1. The largest absolute Gasteiger partial charge is 0.352 e. The molecular weight excluding hydrogens is 541 g/mol. The smallest absolute Gasteiger partial charge is 0.264 e. The third-order valence-electron chi connectivity index (χ3n) is 6.44. The summed E-state index contributed by atoms with van der Waals surface area (Å²) < 4.78 is 42.1. The Balaban J connectivity index is 2.01. The lowest BCUT2D eigenvalue weighted by Gasteiger charge is -2.32. The van der Waals surface area contributed by atoms with E-state index in [9.17, 15) is 22.4 Å². The van der Waals surface area contributed by atoms with Crippen molar-refractivity contribution in [2.24, 2.45) is 0 Å². The average molecular weight is 574 g/mol. The number of hydrogen-bond donors (Lipinski definition) is 1. The van der Waals surface area contributed by atoms with Gasteiger partial charge in [0.2, 0.25) is 11.8 Å². The van der Waals surface area contributed by atoms with Crippen LogP contribution in [0.3, 0.4) is 0 Å². The van der Waals surface area contributed by atoms with Crippen molar-refractivity contribution in [1.82, 2.24) is 10.2 Å². The number of halogens is 2. The maximum Gasteiger partial charge on any atom is 0.264 e. The molecule has 0 aliphatic rings. The highest BCUT2D eigenvalue weighted by Crippen LogP contribution is 2.26. The number of nitrogens with zero attached hydrogens (tertiary/aromatic N) is 2. The molecule has 208 valence electrons. The summed E-state index contributed by atoms with van der Waals surface area (Å²) in [7, 11) is -4.18. The summed E-state index contributed by atoms with van der Waals surface area (Å²) in [6, 6.07) is 17.0. The van der Waals surface area contributed by atoms with Crippen LogP contribution in [-0.2, 0) is 26.2 Å². The van der Waals surface area contributed by atoms with Crippen LogP contribution in [0.1, 0.15) is 38.3 Å². The van der Waals surface area contributed by atoms with Crippen molar-refractivity contribution in [3.05, 3.63) is 94.8 Å². The summed E-state index contributed by atoms with van der Waals surface area (Å²) in [5.74, 6) is -1.40. The van der Waals surface area contributed by atoms with Gasteiger partial charge >= 0.3 is 0 Å². The lowest BCUT2D eigenvalue weighted by Crippen LogP contribution is -2.52. The van der Waals surface area contributed by atoms with Gasteiger partial charge < -0.3 is 10.2 Å². The molecule has 0 spiro atoms. The van der Waals surface area contributed by atoms with E-state index in [1.165, 1.54) is 53.4 Å². The van der Waals surface area contributed by atoms with E-state index in [-0.39, 0.29) is 23.4 Å². The van der Waals surface area contributed by atoms with Crippen molar-refractivity contribution in [2.75, 3.05) is 10.8 Å². The van der Waals surface area contributed by atoms with Crippen molar-refractivity contribution < 1.29 is 22.4 Å². The van der Waals surface area contributed by atoms with Crippen LogP contribution in [0.2, 0.25) is 5.02 Å². The SMILES string of the molecule is CC[C@H](C)NC(=O)[C@H](C)N(Cc1ccc(F)cc1)C(=O)CN(c1ccc(C)cc1)S(=O)(=O)c1ccc(Cl)cc1. The van der Waals surface area contributed by atoms with Crippen LogP contribution < -0.4 is 9.62 Å². The molecule has 0 bridgehead atoms. The van der Waals surface area contributed by atoms with Crippen LogP contribution in [0.25, 0.3) is 0 Å². The third-order valence-corrected chi connectivity index (χ3v) is 8.48. The molecule has 0 aliphatic heterocycles. The van der Waals surface area contributed by atoms with Gasteiger partial charge in [0.25, 0.3) is 10.0 Å². The number of benzene rings is 3. The summed E-state index contributed by atoms with van der Waals surface area (Å²) in [4.78, 5) is 28.2. The molecule has 39 heavy (non-hydrogen) atoms. The van der Waals surface area contributed by atoms with E-state index in [1.807, 2.05) is 20.8 Å². The number of aryl methyl sites for hydroxylation is 1. The fraction of sp³-hybridized carbons (Fsp3) is 0.310. The summed E-state index contributed by atoms with van der Waals surface area (Å²) in [5.41, 5.74) is 1.81. The third kappa shape index (κ3) is 7.80. The Hall–Kier alpha value is -3.43. The van der Waals surface area contributed by atoms with Gasteiger partial charge in [-0.3, -0.25) is 13.9 Å². The van der Waals surface area contributed by atoms with Gasteiger partial charge in [0.1, 0.15) is 18.4 Å². The molecule has 3 rings (SSSR count). The Bertz CT molecular complexity index is 1380. The number of anilines is 1. The molecule has 0 saturated carbocycles. The fourth-order valence-electron chi connectivity index (χ4n) is 3.81. The molecule has 0 unspecified atom stereocenters. The van der Waals surface area contributed by atoms with Crippen LogP contribution in [0, 0.1) is 12.7 Å². The van der Waals surface area contributed by atoms with Crippen molar-refractivity contribution >= 4 is 39.1 Å². The number of amides is 2. The molecule has 0 fully saturated rings. The highest BCUT2D eigenvalue weighted by molar-refractivity contribution is 7.92. The van der Waals surface area contributed by atoms with Gasteiger partial charge in [-0.25, -0.2) is 12.8 Å². The molecule has 10 heteroatoms. The van der Waals surface area contributed by atoms with Gasteiger partial charge in [-0.15, -0.1) is 0 Å². The van der Waals surface area contributed by atoms with Crippen LogP contribution in [-0.4, -0.2) is 43.8 Å². The van der Waals surface area contributed by atoms with Gasteiger partial charge in [-0.05, 0) is 81.3 Å². The molecule has 0 heterocycles. The van der Waals surface area contributed by atoms with Gasteiger partial charge in [-0.1, -0.05) is 48.4 Å². The van der Waals surface area contributed by atoms with E-state index in [2.05, 4.69) is 5.32 Å². The Labute approximate surface area is 234 Å². The topological polar surface area (TPSA) is 86.8 Å². The van der Waals surface area contributed by atoms with E-state index < -0.39 is 34.3 Å². The molecule has 2 amide bonds. The maximum absolute atomic E-state index is 13.8. The predicted octanol–water partition coefficient (Wildman–Crippen LogP) is 5.31. The van der Waals surface area contributed by atoms with Crippen molar-refractivity contribution in [2.45, 2.75) is 57.6 Å². The average Bonchev–Trinajstić information content (AvgIpc) is 2.91. The zero-order valence-corrected chi connectivity index (χ0v) is 24.0. The molecule has 1 N–H and O–H groups in total. The second-order valence-electron chi connectivity index (χ2n) is 9.44. The molecule has 0 saturated heterocycles. The zero-order valence-electron chi connectivity index (χ0n) is 22.4. The lowest BCUT2D eigenvalue weighted by molar-refractivity contribution is -0.139. The number of carbonyl (C=O) groups is 2. The highest BCUT2D eigenvalue weighted by atomic mass is 35.5. The lowest BCUT2D eigenvalue weighted by atomic mass is 10.1. The molecule has 3 aromatic rings. The zero-order chi connectivity index (χ0) is 28.7. The minimum absolute atomic E-state index is 0.0169. The van der Waals surface area contributed by atoms with Crippen molar-refractivity contribution in [3.63, 3.8) is 0 Å². The molecule has 0 radical (unpaired) electrons. The van der Waals surface area contributed by atoms with Crippen molar-refractivity contribution in [1.29, 1.82) is 0 Å². The summed E-state index contributed by atoms with van der Waals surface area (Å²) in [6.07, 6.45) is 0.699. The number of nitrogens with one attached hydrogen (secondary N) is 1. The van der Waals surface area contributed by atoms with E-state index in [4.69, 9.17) is 11.6 Å². The van der Waals surface area contributed by atoms with Gasteiger partial charge in [0, 0.05) is 17.6 Å². The second-order valence-corrected chi connectivity index (χ2v) is 11.7. The van der Waals surface area contributed by atoms with Crippen LogP contribution in [0.15, 0.2) is 77.7 Å². The molecule has 2 atom stereocenters. The fourth-order valence-corrected chi connectivity index (χ4v) is 5.35. The first-order valence-corrected chi connectivity index (χ1v) is 14.4. The molecular formula is C29H33ClFN3O4S. The number of sulfonamides is 1. The van der Waals surface area contributed by atoms with E-state index in [1.54, 1.807) is 31.2 Å². The summed E-state index contributed by atoms with van der Waals surface area (Å²) >= 11 is 5.97. The van der Waals surface area contributed by atoms with Gasteiger partial charge in [-0.2, -0.15) is 0 Å². The molecule has 0 aliphatic carbocycles. The first-order valence-electron chi connectivity index (χ1n) is 12.6. The standard InChI is InChI=1S/C29H33ClFN3O4S/c1-5-21(3)32-29(36)22(4)33(18-23-8-12-25(31)13-9-23)28(35)19-34(26-14-6-20(2)7-15-26)39(37,38)27-16-10-24(30)11-17-27/h6-17,21-22H,5,18-19H2,1-4H3,(H,32,36)/t21-,22-/m0/s1. The molecule has 7 nitrogen and oxygen atoms in total. The van der Waals surface area contributed by atoms with Crippen LogP contribution in [0.5, 0.6) is 0 Å². The Morgan fingerprint density at radius 2 is 1.54 bits per heavy atom. The van der Waals surface area contributed by atoms with Crippen LogP contribution >= 0.6 is 11.6 Å². The van der Waals surface area contributed by atoms with Gasteiger partial charge in [0.15, 0.2) is 0 Å². The Morgan fingerprint density at radius 1 is 0.949 bits per heavy atom. The van der Waals surface area contributed by atoms with E-state index in [0.29, 0.717) is 22.7 Å². The maximum atomic E-state index is 13.8. The number of hydrogen-bond acceptors (Lipinski definition) is 4. The quantitative estimate of drug-likeness (QED) is 0.337. The first-order chi connectivity index (χ1) is 18.4. The summed E-state index contributed by atoms with van der Waals surface area (Å²) in [6.45, 7) is 6.66.